The average Bonchev–Trinajstić information content (AvgIpc) is 3.00. The number of aliphatic hydroxyl groups is 1. The summed E-state index contributed by atoms with van der Waals surface area (Å²) in [6.45, 7) is 7.18. The van der Waals surface area contributed by atoms with Crippen LogP contribution in [0.3, 0.4) is 0 Å². The molecule has 1 heterocycles. The van der Waals surface area contributed by atoms with Crippen molar-refractivity contribution in [3.05, 3.63) is 22.4 Å². The van der Waals surface area contributed by atoms with Gasteiger partial charge in [0.15, 0.2) is 0 Å². The van der Waals surface area contributed by atoms with Gasteiger partial charge in [-0.2, -0.15) is 0 Å². The zero-order chi connectivity index (χ0) is 13.7. The molecule has 1 atom stereocenters. The van der Waals surface area contributed by atoms with Gasteiger partial charge in [-0.1, -0.05) is 19.9 Å². The average molecular weight is 283 g/mol. The lowest BCUT2D eigenvalue weighted by Gasteiger charge is -2.24. The summed E-state index contributed by atoms with van der Waals surface area (Å²) in [6.07, 6.45) is 2.19. The van der Waals surface area contributed by atoms with Gasteiger partial charge in [-0.15, -0.1) is 11.3 Å². The van der Waals surface area contributed by atoms with Gasteiger partial charge >= 0.3 is 0 Å². The Morgan fingerprint density at radius 2 is 2.32 bits per heavy atom. The first-order chi connectivity index (χ1) is 9.08. The second kappa shape index (κ2) is 6.84. The van der Waals surface area contributed by atoms with Crippen LogP contribution in [0.2, 0.25) is 0 Å². The second-order valence-electron chi connectivity index (χ2n) is 6.13. The number of thiophene rings is 1. The van der Waals surface area contributed by atoms with Crippen molar-refractivity contribution in [1.29, 1.82) is 0 Å². The molecule has 0 spiro atoms. The highest BCUT2D eigenvalue weighted by Gasteiger charge is 2.23. The van der Waals surface area contributed by atoms with Crippen LogP contribution in [0.1, 0.15) is 31.6 Å². The van der Waals surface area contributed by atoms with Crippen molar-refractivity contribution in [3.8, 4) is 0 Å². The maximum Gasteiger partial charge on any atom is 0.0897 e. The van der Waals surface area contributed by atoms with Crippen LogP contribution < -0.4 is 5.32 Å². The van der Waals surface area contributed by atoms with Gasteiger partial charge in [0.25, 0.3) is 0 Å². The van der Waals surface area contributed by atoms with Gasteiger partial charge in [0.2, 0.25) is 0 Å². The number of nitrogens with one attached hydrogen (secondary N) is 1. The van der Waals surface area contributed by atoms with E-state index in [-0.39, 0.29) is 5.41 Å². The first kappa shape index (κ1) is 15.0. The van der Waals surface area contributed by atoms with Gasteiger partial charge in [0, 0.05) is 30.0 Å². The first-order valence-corrected chi connectivity index (χ1v) is 7.96. The highest BCUT2D eigenvalue weighted by atomic mass is 32.1. The molecule has 0 radical (unpaired) electrons. The first-order valence-electron chi connectivity index (χ1n) is 7.08. The highest BCUT2D eigenvalue weighted by molar-refractivity contribution is 7.10. The summed E-state index contributed by atoms with van der Waals surface area (Å²) in [5.74, 6) is 0.762. The van der Waals surface area contributed by atoms with E-state index in [1.165, 1.54) is 17.7 Å². The molecule has 4 heteroatoms. The van der Waals surface area contributed by atoms with E-state index in [1.807, 2.05) is 0 Å². The molecule has 1 aliphatic carbocycles. The van der Waals surface area contributed by atoms with Crippen LogP contribution >= 0.6 is 11.3 Å². The minimum Gasteiger partial charge on any atom is -0.389 e. The van der Waals surface area contributed by atoms with Crippen LogP contribution in [-0.2, 0) is 10.2 Å². The summed E-state index contributed by atoms with van der Waals surface area (Å²) < 4.78 is 5.49. The summed E-state index contributed by atoms with van der Waals surface area (Å²) in [4.78, 5) is 1.37. The van der Waals surface area contributed by atoms with Crippen molar-refractivity contribution in [2.24, 2.45) is 5.92 Å². The summed E-state index contributed by atoms with van der Waals surface area (Å²) in [7, 11) is 0. The van der Waals surface area contributed by atoms with Crippen molar-refractivity contribution >= 4 is 11.3 Å². The van der Waals surface area contributed by atoms with E-state index in [1.54, 1.807) is 11.3 Å². The fraction of sp³-hybridized carbons (Fsp3) is 0.733. The van der Waals surface area contributed by atoms with E-state index >= 15 is 0 Å². The van der Waals surface area contributed by atoms with Crippen molar-refractivity contribution in [1.82, 2.24) is 5.32 Å². The maximum absolute atomic E-state index is 9.82. The Kier molecular flexibility index (Phi) is 5.39. The van der Waals surface area contributed by atoms with Crippen molar-refractivity contribution in [2.75, 3.05) is 26.3 Å². The fourth-order valence-corrected chi connectivity index (χ4v) is 2.87. The zero-order valence-electron chi connectivity index (χ0n) is 11.9. The predicted molar refractivity (Wildman–Crippen MR) is 79.8 cm³/mol. The molecule has 1 aromatic heterocycles. The normalized spacial score (nSPS) is 17.6. The van der Waals surface area contributed by atoms with Crippen LogP contribution in [0.5, 0.6) is 0 Å². The standard InChI is InChI=1S/C15H25NO2S/c1-15(2,14-4-3-7-19-14)11-16-8-13(17)10-18-9-12-5-6-12/h3-4,7,12-13,16-17H,5-6,8-11H2,1-2H3. The molecule has 1 aliphatic rings. The smallest absolute Gasteiger partial charge is 0.0897 e. The third-order valence-corrected chi connectivity index (χ3v) is 4.73. The number of ether oxygens (including phenoxy) is 1. The van der Waals surface area contributed by atoms with Gasteiger partial charge < -0.3 is 15.2 Å². The minimum absolute atomic E-state index is 0.114. The maximum atomic E-state index is 9.82. The predicted octanol–water partition coefficient (Wildman–Crippen LogP) is 2.40. The van der Waals surface area contributed by atoms with Gasteiger partial charge in [-0.3, -0.25) is 0 Å². The minimum atomic E-state index is -0.405. The van der Waals surface area contributed by atoms with Crippen LogP contribution in [-0.4, -0.2) is 37.5 Å². The number of hydrogen-bond acceptors (Lipinski definition) is 4. The fourth-order valence-electron chi connectivity index (χ4n) is 2.02. The Balaban J connectivity index is 1.59. The van der Waals surface area contributed by atoms with Gasteiger partial charge in [-0.05, 0) is 30.2 Å². The molecule has 2 rings (SSSR count). The molecule has 1 unspecified atom stereocenters. The molecular formula is C15H25NO2S. The lowest BCUT2D eigenvalue weighted by Crippen LogP contribution is -2.38. The van der Waals surface area contributed by atoms with E-state index in [0.29, 0.717) is 13.2 Å². The molecule has 1 saturated carbocycles. The Bertz CT molecular complexity index is 360. The Hall–Kier alpha value is -0.420. The lowest BCUT2D eigenvalue weighted by molar-refractivity contribution is 0.0321. The van der Waals surface area contributed by atoms with Crippen molar-refractivity contribution in [2.45, 2.75) is 38.2 Å². The molecule has 1 fully saturated rings. The largest absolute Gasteiger partial charge is 0.389 e. The summed E-state index contributed by atoms with van der Waals surface area (Å²) in [5.41, 5.74) is 0.114. The zero-order valence-corrected chi connectivity index (χ0v) is 12.7. The van der Waals surface area contributed by atoms with Crippen LogP contribution in [0.25, 0.3) is 0 Å². The summed E-state index contributed by atoms with van der Waals surface area (Å²) in [5, 5.41) is 15.3. The monoisotopic (exact) mass is 283 g/mol. The Morgan fingerprint density at radius 1 is 1.53 bits per heavy atom. The van der Waals surface area contributed by atoms with E-state index in [4.69, 9.17) is 4.74 Å². The molecule has 0 aliphatic heterocycles. The Labute approximate surface area is 120 Å². The Morgan fingerprint density at radius 3 is 2.95 bits per heavy atom. The molecule has 1 aromatic rings. The molecular weight excluding hydrogens is 258 g/mol. The molecule has 108 valence electrons. The van der Waals surface area contributed by atoms with Crippen LogP contribution in [0.15, 0.2) is 17.5 Å². The third-order valence-electron chi connectivity index (χ3n) is 3.50. The van der Waals surface area contributed by atoms with Crippen molar-refractivity contribution < 1.29 is 9.84 Å². The van der Waals surface area contributed by atoms with E-state index < -0.39 is 6.10 Å². The SMILES string of the molecule is CC(C)(CNCC(O)COCC1CC1)c1cccs1. The molecule has 2 N–H and O–H groups in total. The molecule has 0 saturated heterocycles. The molecule has 3 nitrogen and oxygen atoms in total. The van der Waals surface area contributed by atoms with Crippen LogP contribution in [0.4, 0.5) is 0 Å². The number of hydrogen-bond donors (Lipinski definition) is 2. The summed E-state index contributed by atoms with van der Waals surface area (Å²) >= 11 is 1.79. The molecule has 0 aromatic carbocycles. The number of rotatable bonds is 9. The second-order valence-corrected chi connectivity index (χ2v) is 7.07. The van der Waals surface area contributed by atoms with Crippen LogP contribution in [0, 0.1) is 5.92 Å². The van der Waals surface area contributed by atoms with E-state index in [0.717, 1.165) is 19.1 Å². The molecule has 19 heavy (non-hydrogen) atoms. The van der Waals surface area contributed by atoms with Gasteiger partial charge in [0.05, 0.1) is 12.7 Å². The van der Waals surface area contributed by atoms with E-state index in [9.17, 15) is 5.11 Å². The summed E-state index contributed by atoms with van der Waals surface area (Å²) in [6, 6.07) is 4.25. The third kappa shape index (κ3) is 5.22. The number of aliphatic hydroxyl groups excluding tert-OH is 1. The quantitative estimate of drug-likeness (QED) is 0.731. The van der Waals surface area contributed by atoms with Gasteiger partial charge in [-0.25, -0.2) is 0 Å². The molecule has 0 amide bonds. The highest BCUT2D eigenvalue weighted by Crippen LogP contribution is 2.28. The topological polar surface area (TPSA) is 41.5 Å². The van der Waals surface area contributed by atoms with E-state index in [2.05, 4.69) is 36.7 Å². The lowest BCUT2D eigenvalue weighted by atomic mass is 9.91. The van der Waals surface area contributed by atoms with Gasteiger partial charge in [0.1, 0.15) is 0 Å². The van der Waals surface area contributed by atoms with Crippen molar-refractivity contribution in [3.63, 3.8) is 0 Å². The molecule has 0 bridgehead atoms.